The molecule has 10 nitrogen and oxygen atoms in total. The first-order chi connectivity index (χ1) is 15.6. The predicted molar refractivity (Wildman–Crippen MR) is 123 cm³/mol. The number of amides is 3. The molecule has 3 heterocycles. The van der Waals surface area contributed by atoms with Gasteiger partial charge in [-0.15, -0.1) is 0 Å². The van der Waals surface area contributed by atoms with E-state index in [4.69, 9.17) is 10.5 Å². The number of nitrogens with one attached hydrogen (secondary N) is 2. The quantitative estimate of drug-likeness (QED) is 0.222. The SMILES string of the molecule is C[C@H](N)C(=O)N[C@@H](C)C(=O)OCC1=C([C](=O)[Na])N2C(=O)[C@@H](NC(=O)Cc3cccs3)[C@H]2SC1. The van der Waals surface area contributed by atoms with Gasteiger partial charge in [-0.05, 0) is 0 Å². The molecule has 0 saturated carbocycles. The average Bonchev–Trinajstić information content (AvgIpc) is 3.27. The molecule has 13 heteroatoms. The fraction of sp³-hybridized carbons (Fsp3) is 0.450. The molecule has 33 heavy (non-hydrogen) atoms. The topological polar surface area (TPSA) is 148 Å². The van der Waals surface area contributed by atoms with Crippen molar-refractivity contribution in [1.82, 2.24) is 15.5 Å². The number of rotatable bonds is 9. The van der Waals surface area contributed by atoms with E-state index in [2.05, 4.69) is 10.6 Å². The number of allylic oxidation sites excluding steroid dienone is 1. The van der Waals surface area contributed by atoms with Crippen LogP contribution in [0.4, 0.5) is 0 Å². The van der Waals surface area contributed by atoms with Crippen LogP contribution in [-0.2, 0) is 35.1 Å². The molecule has 1 saturated heterocycles. The van der Waals surface area contributed by atoms with Gasteiger partial charge in [-0.2, -0.15) is 0 Å². The minimum absolute atomic E-state index is 0.167. The fourth-order valence-electron chi connectivity index (χ4n) is 3.44. The van der Waals surface area contributed by atoms with Gasteiger partial charge in [-0.25, -0.2) is 0 Å². The van der Waals surface area contributed by atoms with Crippen molar-refractivity contribution in [2.24, 2.45) is 5.73 Å². The van der Waals surface area contributed by atoms with Gasteiger partial charge in [0.15, 0.2) is 0 Å². The molecule has 1 aromatic heterocycles. The summed E-state index contributed by atoms with van der Waals surface area (Å²) in [6, 6.07) is 1.34. The second-order valence-electron chi connectivity index (χ2n) is 7.85. The molecule has 0 aliphatic carbocycles. The van der Waals surface area contributed by atoms with E-state index in [1.54, 1.807) is 0 Å². The summed E-state index contributed by atoms with van der Waals surface area (Å²) in [5, 5.41) is 6.72. The van der Waals surface area contributed by atoms with E-state index in [0.29, 0.717) is 11.3 Å². The van der Waals surface area contributed by atoms with Crippen LogP contribution in [0, 0.1) is 0 Å². The van der Waals surface area contributed by atoms with Crippen molar-refractivity contribution in [3.05, 3.63) is 33.7 Å². The summed E-state index contributed by atoms with van der Waals surface area (Å²) in [5.41, 5.74) is 6.26. The molecule has 2 aliphatic heterocycles. The Balaban J connectivity index is 1.62. The van der Waals surface area contributed by atoms with Crippen LogP contribution in [0.15, 0.2) is 28.8 Å². The van der Waals surface area contributed by atoms with Gasteiger partial charge >= 0.3 is 218 Å². The Morgan fingerprint density at radius 2 is 2.06 bits per heavy atom. The van der Waals surface area contributed by atoms with E-state index in [9.17, 15) is 24.0 Å². The van der Waals surface area contributed by atoms with Crippen LogP contribution in [-0.4, -0.2) is 95.4 Å². The summed E-state index contributed by atoms with van der Waals surface area (Å²) in [7, 11) is 0. The second-order valence-corrected chi connectivity index (χ2v) is 10.9. The number of thioether (sulfide) groups is 1. The summed E-state index contributed by atoms with van der Waals surface area (Å²) >= 11 is 3.05. The van der Waals surface area contributed by atoms with Crippen molar-refractivity contribution >= 4 is 77.8 Å². The number of hydrogen-bond acceptors (Lipinski definition) is 9. The number of nitrogens with zero attached hydrogens (tertiary/aromatic N) is 1. The monoisotopic (exact) mass is 502 g/mol. The minimum atomic E-state index is -0.906. The molecule has 3 rings (SSSR count). The summed E-state index contributed by atoms with van der Waals surface area (Å²) in [5.74, 6) is -1.38. The van der Waals surface area contributed by atoms with Crippen LogP contribution in [0.5, 0.6) is 0 Å². The number of fused-ring (bicyclic) bond motifs is 1. The molecule has 1 fully saturated rings. The maximum atomic E-state index is 12.8. The Labute approximate surface area is 216 Å². The van der Waals surface area contributed by atoms with Crippen molar-refractivity contribution in [3.63, 3.8) is 0 Å². The molecule has 172 valence electrons. The Morgan fingerprint density at radius 3 is 2.67 bits per heavy atom. The van der Waals surface area contributed by atoms with Crippen molar-refractivity contribution in [1.29, 1.82) is 0 Å². The van der Waals surface area contributed by atoms with E-state index < -0.39 is 30.0 Å². The van der Waals surface area contributed by atoms with Gasteiger partial charge in [0.1, 0.15) is 0 Å². The first-order valence-corrected chi connectivity index (χ1v) is 13.2. The molecule has 0 spiro atoms. The van der Waals surface area contributed by atoms with Gasteiger partial charge in [-0.3, -0.25) is 0 Å². The van der Waals surface area contributed by atoms with Crippen LogP contribution in [0.1, 0.15) is 18.7 Å². The van der Waals surface area contributed by atoms with E-state index in [1.807, 2.05) is 17.5 Å². The number of carbonyl (C=O) groups is 5. The first kappa shape index (κ1) is 25.9. The third kappa shape index (κ3) is 6.06. The number of nitrogens with two attached hydrogens (primary N) is 1. The van der Waals surface area contributed by atoms with Gasteiger partial charge in [0.05, 0.1) is 0 Å². The molecular weight excluding hydrogens is 479 g/mol. The van der Waals surface area contributed by atoms with Crippen LogP contribution in [0.3, 0.4) is 0 Å². The van der Waals surface area contributed by atoms with E-state index in [1.165, 1.54) is 41.8 Å². The zero-order valence-corrected chi connectivity index (χ0v) is 22.1. The Bertz CT molecular complexity index is 997. The van der Waals surface area contributed by atoms with Gasteiger partial charge in [-0.1, -0.05) is 0 Å². The number of esters is 1. The van der Waals surface area contributed by atoms with Crippen LogP contribution < -0.4 is 16.4 Å². The van der Waals surface area contributed by atoms with E-state index in [-0.39, 0.29) is 66.9 Å². The van der Waals surface area contributed by atoms with Gasteiger partial charge in [0.25, 0.3) is 0 Å². The molecule has 4 atom stereocenters. The van der Waals surface area contributed by atoms with Crippen molar-refractivity contribution in [2.75, 3.05) is 12.4 Å². The van der Waals surface area contributed by atoms with Gasteiger partial charge < -0.3 is 0 Å². The number of carbonyl (C=O) groups excluding carboxylic acids is 5. The zero-order valence-electron chi connectivity index (χ0n) is 18.5. The van der Waals surface area contributed by atoms with Crippen LogP contribution >= 0.6 is 23.1 Å². The van der Waals surface area contributed by atoms with E-state index in [0.717, 1.165) is 4.88 Å². The van der Waals surface area contributed by atoms with Crippen LogP contribution in [0.25, 0.3) is 0 Å². The molecule has 4 N–H and O–H groups in total. The third-order valence-electron chi connectivity index (χ3n) is 5.13. The van der Waals surface area contributed by atoms with Crippen molar-refractivity contribution < 1.29 is 28.7 Å². The Kier molecular flexibility index (Phi) is 8.76. The predicted octanol–water partition coefficient (Wildman–Crippen LogP) is -0.965. The zero-order chi connectivity index (χ0) is 24.3. The Morgan fingerprint density at radius 1 is 1.33 bits per heavy atom. The number of hydrogen-bond donors (Lipinski definition) is 3. The van der Waals surface area contributed by atoms with E-state index >= 15 is 0 Å². The molecule has 0 aromatic carbocycles. The van der Waals surface area contributed by atoms with Gasteiger partial charge in [0, 0.05) is 0 Å². The molecule has 3 amide bonds. The Hall–Kier alpha value is -1.70. The normalized spacial score (nSPS) is 21.5. The fourth-order valence-corrected chi connectivity index (χ4v) is 6.07. The summed E-state index contributed by atoms with van der Waals surface area (Å²) in [4.78, 5) is 63.7. The number of thiophene rings is 1. The number of β-lactam (4-membered cyclic amide) rings is 1. The molecule has 0 unspecified atom stereocenters. The standard InChI is InChI=1S/C20H23N4O6S2.Na/c1-10(21)17(27)22-11(2)20(29)30-8-12-9-32-19-16(18(28)24(19)14(12)7-25)23-15(26)6-13-4-3-5-31-13;/h3-5,10-11,16,19H,6,8-9,21H2,1-2H3,(H,22,27)(H,23,26);/t10-,11-,16+,19+;/m0./s1. The molecule has 1 aromatic rings. The molecule has 0 bridgehead atoms. The molecule has 2 aliphatic rings. The second kappa shape index (κ2) is 11.2. The first-order valence-electron chi connectivity index (χ1n) is 10.3. The average molecular weight is 503 g/mol. The van der Waals surface area contributed by atoms with Crippen molar-refractivity contribution in [3.8, 4) is 0 Å². The number of ether oxygens (including phenoxy) is 1. The molecule has 0 radical (unpaired) electrons. The van der Waals surface area contributed by atoms with Gasteiger partial charge in [0.2, 0.25) is 0 Å². The maximum absolute atomic E-state index is 12.8. The summed E-state index contributed by atoms with van der Waals surface area (Å²) in [6.45, 7) is 2.81. The summed E-state index contributed by atoms with van der Waals surface area (Å²) in [6.07, 6.45) is 0.194. The third-order valence-corrected chi connectivity index (χ3v) is 7.82. The summed E-state index contributed by atoms with van der Waals surface area (Å²) < 4.78 is 5.10. The van der Waals surface area contributed by atoms with Crippen molar-refractivity contribution in [2.45, 2.75) is 43.8 Å². The van der Waals surface area contributed by atoms with Crippen LogP contribution in [0.2, 0.25) is 0 Å². The molecular formula is C20H23N4NaO6S2.